The minimum Gasteiger partial charge on any atom is -0.473 e. The quantitative estimate of drug-likeness (QED) is 0.634. The summed E-state index contributed by atoms with van der Waals surface area (Å²) in [5.41, 5.74) is 10.2. The van der Waals surface area contributed by atoms with Crippen LogP contribution < -0.4 is 15.4 Å². The van der Waals surface area contributed by atoms with Crippen molar-refractivity contribution in [2.24, 2.45) is 10.7 Å². The molecule has 6 heteroatoms. The van der Waals surface area contributed by atoms with Crippen LogP contribution in [0.25, 0.3) is 5.57 Å². The maximum Gasteiger partial charge on any atom is 0.237 e. The zero-order valence-electron chi connectivity index (χ0n) is 15.6. The number of nitrogens with zero attached hydrogens (tertiary/aromatic N) is 3. The molecule has 0 aromatic carbocycles. The van der Waals surface area contributed by atoms with Crippen molar-refractivity contribution in [3.8, 4) is 5.88 Å². The number of hydrogen-bond acceptors (Lipinski definition) is 6. The van der Waals surface area contributed by atoms with Crippen LogP contribution in [0.3, 0.4) is 0 Å². The van der Waals surface area contributed by atoms with E-state index in [0.29, 0.717) is 24.8 Å². The monoisotopic (exact) mass is 344 g/mol. The topological polar surface area (TPSA) is 73.0 Å². The highest BCUT2D eigenvalue weighted by Gasteiger charge is 2.19. The highest BCUT2D eigenvalue weighted by Crippen LogP contribution is 2.32. The highest BCUT2D eigenvalue weighted by molar-refractivity contribution is 5.79. The maximum atomic E-state index is 5.92. The summed E-state index contributed by atoms with van der Waals surface area (Å²) in [6, 6.07) is 2.08. The van der Waals surface area contributed by atoms with Gasteiger partial charge in [0.05, 0.1) is 19.3 Å². The van der Waals surface area contributed by atoms with Gasteiger partial charge in [-0.3, -0.25) is 4.99 Å². The van der Waals surface area contributed by atoms with Crippen LogP contribution in [0.2, 0.25) is 0 Å². The number of allylic oxidation sites excluding steroid dienone is 4. The lowest BCUT2D eigenvalue weighted by Gasteiger charge is -2.30. The third kappa shape index (κ3) is 5.06. The number of hydrogen-bond donors (Lipinski definition) is 1. The van der Waals surface area contributed by atoms with Crippen molar-refractivity contribution in [1.82, 2.24) is 4.98 Å². The fourth-order valence-corrected chi connectivity index (χ4v) is 2.64. The molecule has 2 N–H and O–H groups in total. The summed E-state index contributed by atoms with van der Waals surface area (Å²) in [6.07, 6.45) is 3.74. The van der Waals surface area contributed by atoms with E-state index >= 15 is 0 Å². The average Bonchev–Trinajstić information content (AvgIpc) is 2.59. The molecule has 1 aromatic heterocycles. The molecule has 1 saturated heterocycles. The number of anilines is 1. The van der Waals surface area contributed by atoms with Crippen molar-refractivity contribution in [3.05, 3.63) is 35.3 Å². The Labute approximate surface area is 150 Å². The molecule has 0 bridgehead atoms. The Balaban J connectivity index is 2.52. The zero-order valence-corrected chi connectivity index (χ0v) is 15.6. The molecule has 6 nitrogen and oxygen atoms in total. The second-order valence-electron chi connectivity index (χ2n) is 6.36. The SMILES string of the molecule is C=N/C(C)=C(\C=C(/C)N)c1cnc(OC(C)C)c(N2CCOCC2)c1. The number of nitrogens with two attached hydrogens (primary N) is 1. The van der Waals surface area contributed by atoms with Gasteiger partial charge in [-0.05, 0) is 46.6 Å². The normalized spacial score (nSPS) is 16.7. The van der Waals surface area contributed by atoms with Crippen molar-refractivity contribution < 1.29 is 9.47 Å². The van der Waals surface area contributed by atoms with Gasteiger partial charge in [0.2, 0.25) is 5.88 Å². The first-order chi connectivity index (χ1) is 11.9. The van der Waals surface area contributed by atoms with Gasteiger partial charge in [-0.1, -0.05) is 0 Å². The standard InChI is InChI=1S/C19H28N4O2/c1-13(2)25-19-18(23-6-8-24-9-7-23)11-16(12-22-19)17(10-14(3)20)15(4)21-5/h10-13H,5-9,20H2,1-4H3/b14-10+,17-15+. The molecule has 1 aliphatic rings. The fraction of sp³-hybridized carbons (Fsp3) is 0.474. The second kappa shape index (κ2) is 8.67. The molecule has 0 saturated carbocycles. The fourth-order valence-electron chi connectivity index (χ4n) is 2.64. The molecule has 1 aliphatic heterocycles. The van der Waals surface area contributed by atoms with E-state index in [1.807, 2.05) is 33.8 Å². The second-order valence-corrected chi connectivity index (χ2v) is 6.36. The summed E-state index contributed by atoms with van der Waals surface area (Å²) in [4.78, 5) is 10.9. The van der Waals surface area contributed by atoms with E-state index in [9.17, 15) is 0 Å². The van der Waals surface area contributed by atoms with Crippen LogP contribution in [0.5, 0.6) is 5.88 Å². The maximum absolute atomic E-state index is 5.92. The molecule has 0 aliphatic carbocycles. The lowest BCUT2D eigenvalue weighted by molar-refractivity contribution is 0.122. The van der Waals surface area contributed by atoms with Crippen LogP contribution in [-0.2, 0) is 4.74 Å². The van der Waals surface area contributed by atoms with E-state index in [0.717, 1.165) is 35.6 Å². The summed E-state index contributed by atoms with van der Waals surface area (Å²) >= 11 is 0. The Morgan fingerprint density at radius 1 is 1.40 bits per heavy atom. The van der Waals surface area contributed by atoms with Gasteiger partial charge in [-0.15, -0.1) is 0 Å². The lowest BCUT2D eigenvalue weighted by Crippen LogP contribution is -2.36. The van der Waals surface area contributed by atoms with Gasteiger partial charge in [0.1, 0.15) is 5.69 Å². The van der Waals surface area contributed by atoms with Gasteiger partial charge in [0.15, 0.2) is 0 Å². The molecule has 0 atom stereocenters. The number of aliphatic imine (C=N–C) groups is 1. The molecule has 136 valence electrons. The first-order valence-corrected chi connectivity index (χ1v) is 8.53. The van der Waals surface area contributed by atoms with Gasteiger partial charge in [-0.2, -0.15) is 0 Å². The van der Waals surface area contributed by atoms with Crippen molar-refractivity contribution in [1.29, 1.82) is 0 Å². The van der Waals surface area contributed by atoms with Crippen LogP contribution in [0, 0.1) is 0 Å². The average molecular weight is 344 g/mol. The predicted molar refractivity (Wildman–Crippen MR) is 103 cm³/mol. The molecule has 0 unspecified atom stereocenters. The molecule has 25 heavy (non-hydrogen) atoms. The first-order valence-electron chi connectivity index (χ1n) is 8.53. The summed E-state index contributed by atoms with van der Waals surface area (Å²) in [5, 5.41) is 0. The Morgan fingerprint density at radius 2 is 2.08 bits per heavy atom. The molecule has 0 spiro atoms. The molecule has 2 heterocycles. The van der Waals surface area contributed by atoms with Gasteiger partial charge in [0, 0.05) is 41.8 Å². The van der Waals surface area contributed by atoms with Crippen LogP contribution in [0.15, 0.2) is 34.7 Å². The van der Waals surface area contributed by atoms with E-state index < -0.39 is 0 Å². The van der Waals surface area contributed by atoms with Gasteiger partial charge in [0.25, 0.3) is 0 Å². The third-order valence-electron chi connectivity index (χ3n) is 3.84. The van der Waals surface area contributed by atoms with E-state index in [4.69, 9.17) is 15.2 Å². The van der Waals surface area contributed by atoms with Crippen molar-refractivity contribution in [2.45, 2.75) is 33.8 Å². The van der Waals surface area contributed by atoms with E-state index in [2.05, 4.69) is 27.7 Å². The number of aromatic nitrogens is 1. The van der Waals surface area contributed by atoms with Crippen molar-refractivity contribution >= 4 is 18.0 Å². The molecule has 0 radical (unpaired) electrons. The summed E-state index contributed by atoms with van der Waals surface area (Å²) in [5.74, 6) is 0.637. The third-order valence-corrected chi connectivity index (χ3v) is 3.84. The minimum absolute atomic E-state index is 0.0518. The Kier molecular flexibility index (Phi) is 6.58. The number of morpholine rings is 1. The van der Waals surface area contributed by atoms with E-state index in [1.165, 1.54) is 0 Å². The minimum atomic E-state index is 0.0518. The van der Waals surface area contributed by atoms with E-state index in [1.54, 1.807) is 6.20 Å². The number of rotatable bonds is 6. The zero-order chi connectivity index (χ0) is 18.4. The molecular formula is C19H28N4O2. The Bertz CT molecular complexity index is 670. The molecular weight excluding hydrogens is 316 g/mol. The van der Waals surface area contributed by atoms with Crippen molar-refractivity contribution in [3.63, 3.8) is 0 Å². The summed E-state index contributed by atoms with van der Waals surface area (Å²) in [6.45, 7) is 14.4. The number of ether oxygens (including phenoxy) is 2. The largest absolute Gasteiger partial charge is 0.473 e. The van der Waals surface area contributed by atoms with E-state index in [-0.39, 0.29) is 6.10 Å². The molecule has 2 rings (SSSR count). The Hall–Kier alpha value is -2.34. The summed E-state index contributed by atoms with van der Waals surface area (Å²) < 4.78 is 11.4. The number of pyridine rings is 1. The van der Waals surface area contributed by atoms with Crippen molar-refractivity contribution in [2.75, 3.05) is 31.2 Å². The summed E-state index contributed by atoms with van der Waals surface area (Å²) in [7, 11) is 0. The smallest absolute Gasteiger partial charge is 0.237 e. The van der Waals surface area contributed by atoms with Gasteiger partial charge < -0.3 is 20.1 Å². The van der Waals surface area contributed by atoms with Gasteiger partial charge in [-0.25, -0.2) is 4.98 Å². The molecule has 1 aromatic rings. The van der Waals surface area contributed by atoms with Crippen LogP contribution in [0.4, 0.5) is 5.69 Å². The van der Waals surface area contributed by atoms with Crippen LogP contribution in [-0.4, -0.2) is 44.1 Å². The molecule has 0 amide bonds. The predicted octanol–water partition coefficient (Wildman–Crippen LogP) is 3.00. The van der Waals surface area contributed by atoms with Gasteiger partial charge >= 0.3 is 0 Å². The Morgan fingerprint density at radius 3 is 2.64 bits per heavy atom. The first kappa shape index (κ1) is 19.0. The molecule has 1 fully saturated rings. The van der Waals surface area contributed by atoms with Crippen LogP contribution >= 0.6 is 0 Å². The highest BCUT2D eigenvalue weighted by atomic mass is 16.5. The van der Waals surface area contributed by atoms with Crippen LogP contribution in [0.1, 0.15) is 33.3 Å². The lowest BCUT2D eigenvalue weighted by atomic mass is 10.0.